The van der Waals surface area contributed by atoms with Gasteiger partial charge < -0.3 is 10.6 Å². The second kappa shape index (κ2) is 5.03. The fourth-order valence-corrected chi connectivity index (χ4v) is 1.82. The van der Waals surface area contributed by atoms with Crippen molar-refractivity contribution in [1.29, 1.82) is 0 Å². The van der Waals surface area contributed by atoms with Crippen molar-refractivity contribution < 1.29 is 9.18 Å². The molecule has 86 valence electrons. The third-order valence-corrected chi connectivity index (χ3v) is 2.62. The Balaban J connectivity index is 1.86. The highest BCUT2D eigenvalue weighted by Gasteiger charge is 2.18. The summed E-state index contributed by atoms with van der Waals surface area (Å²) in [5.41, 5.74) is 0. The van der Waals surface area contributed by atoms with Crippen LogP contribution in [0.1, 0.15) is 12.8 Å². The van der Waals surface area contributed by atoms with Gasteiger partial charge in [0.25, 0.3) is 0 Å². The molecule has 2 N–H and O–H groups in total. The average Bonchev–Trinajstić information content (AvgIpc) is 2.70. The summed E-state index contributed by atoms with van der Waals surface area (Å²) in [6, 6.07) is 4.35. The number of hydrogen-bond acceptors (Lipinski definition) is 3. The van der Waals surface area contributed by atoms with Gasteiger partial charge in [0.15, 0.2) is 0 Å². The monoisotopic (exact) mass is 223 g/mol. The first-order valence-corrected chi connectivity index (χ1v) is 5.37. The van der Waals surface area contributed by atoms with Gasteiger partial charge in [-0.2, -0.15) is 4.39 Å². The highest BCUT2D eigenvalue weighted by Crippen LogP contribution is 2.13. The predicted molar refractivity (Wildman–Crippen MR) is 58.4 cm³/mol. The molecule has 1 atom stereocenters. The van der Waals surface area contributed by atoms with E-state index in [1.807, 2.05) is 0 Å². The van der Waals surface area contributed by atoms with Crippen molar-refractivity contribution in [2.75, 3.05) is 18.4 Å². The largest absolute Gasteiger partial charge is 0.316 e. The summed E-state index contributed by atoms with van der Waals surface area (Å²) in [4.78, 5) is 15.2. The fourth-order valence-electron chi connectivity index (χ4n) is 1.82. The topological polar surface area (TPSA) is 54.0 Å². The quantitative estimate of drug-likeness (QED) is 0.756. The maximum absolute atomic E-state index is 12.8. The van der Waals surface area contributed by atoms with E-state index in [1.165, 1.54) is 12.1 Å². The molecular weight excluding hydrogens is 209 g/mol. The average molecular weight is 223 g/mol. The minimum Gasteiger partial charge on any atom is -0.316 e. The molecule has 16 heavy (non-hydrogen) atoms. The van der Waals surface area contributed by atoms with E-state index in [2.05, 4.69) is 15.6 Å². The number of hydrogen-bond donors (Lipinski definition) is 2. The van der Waals surface area contributed by atoms with Crippen LogP contribution in [-0.4, -0.2) is 24.0 Å². The van der Waals surface area contributed by atoms with Gasteiger partial charge in [0.2, 0.25) is 11.9 Å². The lowest BCUT2D eigenvalue weighted by Crippen LogP contribution is -2.19. The van der Waals surface area contributed by atoms with Gasteiger partial charge in [0.05, 0.1) is 0 Å². The molecule has 0 radical (unpaired) electrons. The number of aromatic nitrogens is 1. The fraction of sp³-hybridized carbons (Fsp3) is 0.455. The van der Waals surface area contributed by atoms with Crippen molar-refractivity contribution in [3.63, 3.8) is 0 Å². The minimum atomic E-state index is -0.583. The highest BCUT2D eigenvalue weighted by atomic mass is 19.1. The molecule has 0 saturated carbocycles. The molecule has 2 heterocycles. The Labute approximate surface area is 93.3 Å². The normalized spacial score (nSPS) is 19.7. The molecule has 1 aliphatic heterocycles. The summed E-state index contributed by atoms with van der Waals surface area (Å²) in [6.07, 6.45) is 1.48. The van der Waals surface area contributed by atoms with E-state index in [4.69, 9.17) is 0 Å². The first-order chi connectivity index (χ1) is 7.74. The summed E-state index contributed by atoms with van der Waals surface area (Å²) in [7, 11) is 0. The molecule has 1 amide bonds. The molecule has 1 unspecified atom stereocenters. The smallest absolute Gasteiger partial charge is 0.225 e. The van der Waals surface area contributed by atoms with E-state index in [9.17, 15) is 9.18 Å². The van der Waals surface area contributed by atoms with Crippen LogP contribution in [-0.2, 0) is 4.79 Å². The molecule has 4 nitrogen and oxygen atoms in total. The van der Waals surface area contributed by atoms with Crippen molar-refractivity contribution in [2.45, 2.75) is 12.8 Å². The Bertz CT molecular complexity index is 377. The number of nitrogens with zero attached hydrogens (tertiary/aromatic N) is 1. The van der Waals surface area contributed by atoms with E-state index >= 15 is 0 Å². The molecule has 0 aliphatic carbocycles. The van der Waals surface area contributed by atoms with Gasteiger partial charge in [-0.3, -0.25) is 4.79 Å². The van der Waals surface area contributed by atoms with Crippen molar-refractivity contribution in [2.24, 2.45) is 5.92 Å². The molecular formula is C11H14FN3O. The van der Waals surface area contributed by atoms with Gasteiger partial charge in [-0.05, 0) is 37.6 Å². The maximum Gasteiger partial charge on any atom is 0.225 e. The van der Waals surface area contributed by atoms with Crippen LogP contribution in [0.3, 0.4) is 0 Å². The molecule has 1 saturated heterocycles. The molecule has 0 aromatic carbocycles. The maximum atomic E-state index is 12.8. The summed E-state index contributed by atoms with van der Waals surface area (Å²) < 4.78 is 12.8. The first kappa shape index (κ1) is 11.0. The van der Waals surface area contributed by atoms with Gasteiger partial charge >= 0.3 is 0 Å². The zero-order valence-electron chi connectivity index (χ0n) is 8.87. The van der Waals surface area contributed by atoms with Gasteiger partial charge in [0.1, 0.15) is 5.82 Å². The van der Waals surface area contributed by atoms with E-state index in [0.29, 0.717) is 12.3 Å². The van der Waals surface area contributed by atoms with Gasteiger partial charge in [-0.15, -0.1) is 0 Å². The van der Waals surface area contributed by atoms with E-state index in [0.717, 1.165) is 19.5 Å². The van der Waals surface area contributed by atoms with Crippen LogP contribution < -0.4 is 10.6 Å². The summed E-state index contributed by atoms with van der Waals surface area (Å²) in [5, 5.41) is 5.79. The van der Waals surface area contributed by atoms with Crippen LogP contribution in [0.5, 0.6) is 0 Å². The zero-order valence-corrected chi connectivity index (χ0v) is 8.87. The summed E-state index contributed by atoms with van der Waals surface area (Å²) in [5.74, 6) is -0.0309. The van der Waals surface area contributed by atoms with Crippen LogP contribution in [0.15, 0.2) is 18.2 Å². The molecule has 5 heteroatoms. The number of rotatable bonds is 3. The Kier molecular flexibility index (Phi) is 3.46. The van der Waals surface area contributed by atoms with Crippen molar-refractivity contribution in [3.8, 4) is 0 Å². The number of carbonyl (C=O) groups excluding carboxylic acids is 1. The van der Waals surface area contributed by atoms with Crippen molar-refractivity contribution in [3.05, 3.63) is 24.1 Å². The Morgan fingerprint density at radius 2 is 2.50 bits per heavy atom. The van der Waals surface area contributed by atoms with E-state index in [1.54, 1.807) is 6.07 Å². The Morgan fingerprint density at radius 1 is 1.62 bits per heavy atom. The molecule has 1 aromatic rings. The van der Waals surface area contributed by atoms with Gasteiger partial charge in [0, 0.05) is 6.42 Å². The van der Waals surface area contributed by atoms with Crippen LogP contribution in [0.2, 0.25) is 0 Å². The first-order valence-electron chi connectivity index (χ1n) is 5.37. The lowest BCUT2D eigenvalue weighted by Gasteiger charge is -2.08. The van der Waals surface area contributed by atoms with Crippen molar-refractivity contribution in [1.82, 2.24) is 10.3 Å². The van der Waals surface area contributed by atoms with Gasteiger partial charge in [-0.1, -0.05) is 6.07 Å². The predicted octanol–water partition coefficient (Wildman–Crippen LogP) is 1.16. The number of anilines is 1. The van der Waals surface area contributed by atoms with Gasteiger partial charge in [-0.25, -0.2) is 4.98 Å². The summed E-state index contributed by atoms with van der Waals surface area (Å²) >= 11 is 0. The molecule has 1 aliphatic rings. The second-order valence-corrected chi connectivity index (χ2v) is 3.96. The molecule has 1 fully saturated rings. The number of pyridine rings is 1. The zero-order chi connectivity index (χ0) is 11.4. The lowest BCUT2D eigenvalue weighted by molar-refractivity contribution is -0.117. The standard InChI is InChI=1S/C11H14FN3O/c12-9-2-1-3-10(14-9)15-11(16)6-8-4-5-13-7-8/h1-3,8,13H,4-7H2,(H,14,15,16). The lowest BCUT2D eigenvalue weighted by atomic mass is 10.0. The number of amides is 1. The third kappa shape index (κ3) is 3.00. The van der Waals surface area contributed by atoms with Crippen LogP contribution in [0, 0.1) is 11.9 Å². The van der Waals surface area contributed by atoms with Crippen LogP contribution in [0.25, 0.3) is 0 Å². The minimum absolute atomic E-state index is 0.105. The Hall–Kier alpha value is -1.49. The molecule has 1 aromatic heterocycles. The SMILES string of the molecule is O=C(CC1CCNC1)Nc1cccc(F)n1. The van der Waals surface area contributed by atoms with E-state index < -0.39 is 5.95 Å². The van der Waals surface area contributed by atoms with E-state index in [-0.39, 0.29) is 11.7 Å². The number of halogens is 1. The second-order valence-electron chi connectivity index (χ2n) is 3.96. The Morgan fingerprint density at radius 3 is 3.19 bits per heavy atom. The van der Waals surface area contributed by atoms with Crippen LogP contribution >= 0.6 is 0 Å². The number of carbonyl (C=O) groups is 1. The van der Waals surface area contributed by atoms with Crippen LogP contribution in [0.4, 0.5) is 10.2 Å². The molecule has 0 spiro atoms. The summed E-state index contributed by atoms with van der Waals surface area (Å²) in [6.45, 7) is 1.85. The molecule has 0 bridgehead atoms. The number of nitrogens with one attached hydrogen (secondary N) is 2. The highest BCUT2D eigenvalue weighted by molar-refractivity contribution is 5.89. The molecule has 2 rings (SSSR count). The van der Waals surface area contributed by atoms with Crippen molar-refractivity contribution >= 4 is 11.7 Å². The third-order valence-electron chi connectivity index (χ3n) is 2.62.